The van der Waals surface area contributed by atoms with E-state index in [9.17, 15) is 9.59 Å². The summed E-state index contributed by atoms with van der Waals surface area (Å²) in [5, 5.41) is 0. The summed E-state index contributed by atoms with van der Waals surface area (Å²) in [6, 6.07) is 7.58. The molecule has 3 rings (SSSR count). The Kier molecular flexibility index (Phi) is 6.28. The van der Waals surface area contributed by atoms with Crippen LogP contribution in [0.1, 0.15) is 36.8 Å². The van der Waals surface area contributed by atoms with Crippen LogP contribution in [0.15, 0.2) is 40.1 Å². The molecule has 1 aliphatic rings. The minimum Gasteiger partial charge on any atom is -0.494 e. The molecular formula is C20H27N3O3. The van der Waals surface area contributed by atoms with Gasteiger partial charge < -0.3 is 14.6 Å². The largest absolute Gasteiger partial charge is 0.494 e. The number of rotatable bonds is 7. The van der Waals surface area contributed by atoms with Gasteiger partial charge in [-0.2, -0.15) is 0 Å². The van der Waals surface area contributed by atoms with Crippen LogP contribution < -0.4 is 16.0 Å². The second kappa shape index (κ2) is 8.85. The summed E-state index contributed by atoms with van der Waals surface area (Å²) in [5.41, 5.74) is 0.771. The van der Waals surface area contributed by atoms with E-state index < -0.39 is 5.69 Å². The van der Waals surface area contributed by atoms with E-state index in [2.05, 4.69) is 9.88 Å². The summed E-state index contributed by atoms with van der Waals surface area (Å²) >= 11 is 0. The van der Waals surface area contributed by atoms with E-state index in [1.165, 1.54) is 43.1 Å². The van der Waals surface area contributed by atoms with Gasteiger partial charge in [-0.1, -0.05) is 18.6 Å². The smallest absolute Gasteiger partial charge is 0.328 e. The molecule has 6 heteroatoms. The van der Waals surface area contributed by atoms with E-state index in [1.54, 1.807) is 6.92 Å². The maximum Gasteiger partial charge on any atom is 0.328 e. The third-order valence-corrected chi connectivity index (χ3v) is 4.84. The zero-order chi connectivity index (χ0) is 18.4. The van der Waals surface area contributed by atoms with Crippen molar-refractivity contribution >= 4 is 0 Å². The summed E-state index contributed by atoms with van der Waals surface area (Å²) in [7, 11) is 0. The molecule has 6 nitrogen and oxygen atoms in total. The molecule has 0 bridgehead atoms. The van der Waals surface area contributed by atoms with Gasteiger partial charge in [0.25, 0.3) is 5.56 Å². The number of H-pyrrole nitrogens is 1. The fourth-order valence-corrected chi connectivity index (χ4v) is 3.29. The monoisotopic (exact) mass is 357 g/mol. The molecule has 2 aromatic rings. The molecule has 0 aliphatic carbocycles. The third-order valence-electron chi connectivity index (χ3n) is 4.84. The summed E-state index contributed by atoms with van der Waals surface area (Å²) in [5.74, 6) is 0.817. The average molecular weight is 357 g/mol. The summed E-state index contributed by atoms with van der Waals surface area (Å²) in [6.45, 7) is 6.17. The number of benzene rings is 1. The van der Waals surface area contributed by atoms with Crippen molar-refractivity contribution in [3.8, 4) is 5.75 Å². The van der Waals surface area contributed by atoms with E-state index in [-0.39, 0.29) is 12.1 Å². The predicted octanol–water partition coefficient (Wildman–Crippen LogP) is 2.15. The molecule has 1 aromatic heterocycles. The highest BCUT2D eigenvalue weighted by molar-refractivity contribution is 5.27. The van der Waals surface area contributed by atoms with Gasteiger partial charge in [0.2, 0.25) is 0 Å². The zero-order valence-electron chi connectivity index (χ0n) is 15.4. The van der Waals surface area contributed by atoms with Gasteiger partial charge in [0.15, 0.2) is 0 Å². The van der Waals surface area contributed by atoms with Gasteiger partial charge in [0.05, 0.1) is 13.2 Å². The lowest BCUT2D eigenvalue weighted by Gasteiger charge is -2.26. The minimum absolute atomic E-state index is 0.255. The maximum absolute atomic E-state index is 12.1. The fourth-order valence-electron chi connectivity index (χ4n) is 3.29. The van der Waals surface area contributed by atoms with Gasteiger partial charge >= 0.3 is 5.69 Å². The van der Waals surface area contributed by atoms with Crippen LogP contribution in [0.4, 0.5) is 0 Å². The Labute approximate surface area is 153 Å². The van der Waals surface area contributed by atoms with Crippen molar-refractivity contribution in [1.82, 2.24) is 14.5 Å². The molecule has 0 atom stereocenters. The van der Waals surface area contributed by atoms with Crippen LogP contribution in [0.25, 0.3) is 0 Å². The quantitative estimate of drug-likeness (QED) is 0.771. The fraction of sp³-hybridized carbons (Fsp3) is 0.500. The molecule has 1 saturated heterocycles. The topological polar surface area (TPSA) is 67.3 Å². The molecule has 1 N–H and O–H groups in total. The first kappa shape index (κ1) is 18.5. The van der Waals surface area contributed by atoms with Gasteiger partial charge in [0.1, 0.15) is 5.75 Å². The van der Waals surface area contributed by atoms with Crippen molar-refractivity contribution in [1.29, 1.82) is 0 Å². The van der Waals surface area contributed by atoms with Gasteiger partial charge in [-0.3, -0.25) is 9.36 Å². The first-order valence-electron chi connectivity index (χ1n) is 9.37. The highest BCUT2D eigenvalue weighted by Gasteiger charge is 2.09. The van der Waals surface area contributed by atoms with Crippen LogP contribution in [-0.2, 0) is 6.54 Å². The average Bonchev–Trinajstić information content (AvgIpc) is 2.67. The Balaban J connectivity index is 1.50. The van der Waals surface area contributed by atoms with Gasteiger partial charge in [-0.25, -0.2) is 4.79 Å². The molecular weight excluding hydrogens is 330 g/mol. The van der Waals surface area contributed by atoms with Crippen molar-refractivity contribution in [2.75, 3.05) is 26.2 Å². The summed E-state index contributed by atoms with van der Waals surface area (Å²) < 4.78 is 7.02. The van der Waals surface area contributed by atoms with Crippen LogP contribution in [0.5, 0.6) is 5.75 Å². The normalized spacial score (nSPS) is 15.1. The number of ether oxygens (including phenoxy) is 1. The lowest BCUT2D eigenvalue weighted by atomic mass is 10.1. The zero-order valence-corrected chi connectivity index (χ0v) is 15.4. The number of aryl methyl sites for hydroxylation is 1. The van der Waals surface area contributed by atoms with Crippen LogP contribution in [-0.4, -0.2) is 40.7 Å². The SMILES string of the molecule is Cc1c[nH]c(=O)n(Cc2ccc(OCCCN3CCCCC3)cc2)c1=O. The standard InChI is InChI=1S/C20H27N3O3/c1-16-14-21-20(25)23(19(16)24)15-17-6-8-18(9-7-17)26-13-5-12-22-10-3-2-4-11-22/h6-9,14H,2-5,10-13,15H2,1H3,(H,21,25). The Bertz CT molecular complexity index is 817. The Morgan fingerprint density at radius 2 is 1.81 bits per heavy atom. The number of hydrogen-bond donors (Lipinski definition) is 1. The molecule has 140 valence electrons. The molecule has 1 aromatic carbocycles. The van der Waals surface area contributed by atoms with Crippen molar-refractivity contribution in [2.45, 2.75) is 39.2 Å². The first-order valence-corrected chi connectivity index (χ1v) is 9.37. The molecule has 0 saturated carbocycles. The van der Waals surface area contributed by atoms with Crippen molar-refractivity contribution in [3.05, 3.63) is 62.4 Å². The van der Waals surface area contributed by atoms with E-state index in [4.69, 9.17) is 4.74 Å². The number of aromatic nitrogens is 2. The van der Waals surface area contributed by atoms with E-state index in [0.717, 1.165) is 24.3 Å². The Morgan fingerprint density at radius 3 is 2.54 bits per heavy atom. The van der Waals surface area contributed by atoms with E-state index in [1.807, 2.05) is 24.3 Å². The highest BCUT2D eigenvalue weighted by atomic mass is 16.5. The Hall–Kier alpha value is -2.34. The van der Waals surface area contributed by atoms with Crippen LogP contribution in [0, 0.1) is 6.92 Å². The number of hydrogen-bond acceptors (Lipinski definition) is 4. The number of nitrogens with zero attached hydrogens (tertiary/aromatic N) is 2. The molecule has 26 heavy (non-hydrogen) atoms. The van der Waals surface area contributed by atoms with Crippen molar-refractivity contribution < 1.29 is 4.74 Å². The highest BCUT2D eigenvalue weighted by Crippen LogP contribution is 2.13. The van der Waals surface area contributed by atoms with E-state index >= 15 is 0 Å². The number of piperidine rings is 1. The van der Waals surface area contributed by atoms with Gasteiger partial charge in [-0.15, -0.1) is 0 Å². The maximum atomic E-state index is 12.1. The molecule has 0 spiro atoms. The van der Waals surface area contributed by atoms with Gasteiger partial charge in [-0.05, 0) is 57.0 Å². The molecule has 0 amide bonds. The number of nitrogens with one attached hydrogen (secondary N) is 1. The second-order valence-corrected chi connectivity index (χ2v) is 6.92. The van der Waals surface area contributed by atoms with Gasteiger partial charge in [0, 0.05) is 18.3 Å². The number of likely N-dealkylation sites (tertiary alicyclic amines) is 1. The lowest BCUT2D eigenvalue weighted by Crippen LogP contribution is -2.36. The molecule has 2 heterocycles. The Morgan fingerprint density at radius 1 is 1.08 bits per heavy atom. The van der Waals surface area contributed by atoms with Crippen LogP contribution in [0.2, 0.25) is 0 Å². The second-order valence-electron chi connectivity index (χ2n) is 6.92. The van der Waals surface area contributed by atoms with E-state index in [0.29, 0.717) is 12.2 Å². The number of aromatic amines is 1. The minimum atomic E-state index is -0.390. The summed E-state index contributed by atoms with van der Waals surface area (Å²) in [4.78, 5) is 29.0. The van der Waals surface area contributed by atoms with Crippen LogP contribution >= 0.6 is 0 Å². The first-order chi connectivity index (χ1) is 12.6. The molecule has 0 unspecified atom stereocenters. The molecule has 1 fully saturated rings. The summed E-state index contributed by atoms with van der Waals surface area (Å²) in [6.07, 6.45) is 6.46. The lowest BCUT2D eigenvalue weighted by molar-refractivity contribution is 0.205. The van der Waals surface area contributed by atoms with Crippen molar-refractivity contribution in [2.24, 2.45) is 0 Å². The van der Waals surface area contributed by atoms with Crippen molar-refractivity contribution in [3.63, 3.8) is 0 Å². The predicted molar refractivity (Wildman–Crippen MR) is 102 cm³/mol. The molecule has 1 aliphatic heterocycles. The molecule has 0 radical (unpaired) electrons. The van der Waals surface area contributed by atoms with Crippen LogP contribution in [0.3, 0.4) is 0 Å². The third kappa shape index (κ3) is 4.85.